The topological polar surface area (TPSA) is 20.3 Å². The van der Waals surface area contributed by atoms with Gasteiger partial charge in [-0.25, -0.2) is 0 Å². The van der Waals surface area contributed by atoms with Crippen molar-refractivity contribution in [3.05, 3.63) is 35.9 Å². The maximum atomic E-state index is 11.5. The molecule has 1 saturated heterocycles. The molecular formula is C12H15NO. The van der Waals surface area contributed by atoms with Gasteiger partial charge >= 0.3 is 0 Å². The van der Waals surface area contributed by atoms with Crippen LogP contribution in [-0.2, 0) is 4.79 Å². The number of rotatable bonds is 1. The van der Waals surface area contributed by atoms with Crippen molar-refractivity contribution in [2.45, 2.75) is 25.3 Å². The van der Waals surface area contributed by atoms with Gasteiger partial charge in [0.25, 0.3) is 0 Å². The van der Waals surface area contributed by atoms with Crippen molar-refractivity contribution in [2.75, 3.05) is 7.05 Å². The van der Waals surface area contributed by atoms with E-state index in [9.17, 15) is 4.79 Å². The van der Waals surface area contributed by atoms with E-state index in [1.165, 1.54) is 5.56 Å². The Balaban J connectivity index is 2.22. The summed E-state index contributed by atoms with van der Waals surface area (Å²) < 4.78 is 0. The van der Waals surface area contributed by atoms with Crippen molar-refractivity contribution in [2.24, 2.45) is 0 Å². The summed E-state index contributed by atoms with van der Waals surface area (Å²) in [6.45, 7) is 0. The van der Waals surface area contributed by atoms with Crippen LogP contribution in [0, 0.1) is 0 Å². The molecular weight excluding hydrogens is 174 g/mol. The Labute approximate surface area is 84.5 Å². The molecule has 0 radical (unpaired) electrons. The Morgan fingerprint density at radius 1 is 1.29 bits per heavy atom. The predicted molar refractivity (Wildman–Crippen MR) is 55.8 cm³/mol. The molecule has 1 atom stereocenters. The molecule has 0 saturated carbocycles. The second-order valence-electron chi connectivity index (χ2n) is 3.82. The standard InChI is InChI=1S/C12H15NO/c1-13-11(8-5-9-12(13)14)10-6-3-2-4-7-10/h2-4,6-7,11H,5,8-9H2,1H3. The Morgan fingerprint density at radius 2 is 2.00 bits per heavy atom. The fraction of sp³-hybridized carbons (Fsp3) is 0.417. The first kappa shape index (κ1) is 9.25. The first-order valence-corrected chi connectivity index (χ1v) is 5.09. The minimum atomic E-state index is 0.269. The van der Waals surface area contributed by atoms with Crippen molar-refractivity contribution in [3.8, 4) is 0 Å². The van der Waals surface area contributed by atoms with Crippen molar-refractivity contribution in [1.82, 2.24) is 4.90 Å². The quantitative estimate of drug-likeness (QED) is 0.664. The molecule has 0 aromatic heterocycles. The molecule has 0 spiro atoms. The second-order valence-corrected chi connectivity index (χ2v) is 3.82. The van der Waals surface area contributed by atoms with E-state index < -0.39 is 0 Å². The first-order valence-electron chi connectivity index (χ1n) is 5.09. The van der Waals surface area contributed by atoms with Crippen molar-refractivity contribution in [1.29, 1.82) is 0 Å². The minimum Gasteiger partial charge on any atom is -0.339 e. The number of nitrogens with zero attached hydrogens (tertiary/aromatic N) is 1. The lowest BCUT2D eigenvalue weighted by molar-refractivity contribution is -0.134. The summed E-state index contributed by atoms with van der Waals surface area (Å²) in [6, 6.07) is 10.6. The van der Waals surface area contributed by atoms with Gasteiger partial charge in [0.15, 0.2) is 0 Å². The molecule has 2 nitrogen and oxygen atoms in total. The van der Waals surface area contributed by atoms with Gasteiger partial charge in [-0.2, -0.15) is 0 Å². The van der Waals surface area contributed by atoms with Gasteiger partial charge < -0.3 is 4.90 Å². The van der Waals surface area contributed by atoms with Crippen LogP contribution in [0.5, 0.6) is 0 Å². The van der Waals surface area contributed by atoms with Gasteiger partial charge in [0.2, 0.25) is 5.91 Å². The smallest absolute Gasteiger partial charge is 0.222 e. The SMILES string of the molecule is CN1C(=O)CCCC1c1ccccc1. The third kappa shape index (κ3) is 1.65. The Bertz CT molecular complexity index is 320. The second kappa shape index (κ2) is 3.82. The minimum absolute atomic E-state index is 0.269. The molecule has 1 heterocycles. The molecule has 14 heavy (non-hydrogen) atoms. The van der Waals surface area contributed by atoms with Gasteiger partial charge in [-0.3, -0.25) is 4.79 Å². The molecule has 0 aliphatic carbocycles. The predicted octanol–water partition coefficient (Wildman–Crippen LogP) is 2.37. The highest BCUT2D eigenvalue weighted by Crippen LogP contribution is 2.29. The van der Waals surface area contributed by atoms with Crippen LogP contribution < -0.4 is 0 Å². The largest absolute Gasteiger partial charge is 0.339 e. The van der Waals surface area contributed by atoms with E-state index in [0.717, 1.165) is 12.8 Å². The van der Waals surface area contributed by atoms with E-state index in [2.05, 4.69) is 12.1 Å². The zero-order chi connectivity index (χ0) is 9.97. The molecule has 2 heteroatoms. The Morgan fingerprint density at radius 3 is 2.71 bits per heavy atom. The number of hydrogen-bond acceptors (Lipinski definition) is 1. The zero-order valence-electron chi connectivity index (χ0n) is 8.44. The van der Waals surface area contributed by atoms with E-state index >= 15 is 0 Å². The summed E-state index contributed by atoms with van der Waals surface area (Å²) in [7, 11) is 1.90. The summed E-state index contributed by atoms with van der Waals surface area (Å²) in [5, 5.41) is 0. The van der Waals surface area contributed by atoms with Crippen LogP contribution in [0.3, 0.4) is 0 Å². The number of amides is 1. The highest BCUT2D eigenvalue weighted by Gasteiger charge is 2.25. The van der Waals surface area contributed by atoms with E-state index in [1.54, 1.807) is 0 Å². The normalized spacial score (nSPS) is 22.5. The Hall–Kier alpha value is -1.31. The van der Waals surface area contributed by atoms with Crippen molar-refractivity contribution >= 4 is 5.91 Å². The van der Waals surface area contributed by atoms with Crippen LogP contribution in [0.2, 0.25) is 0 Å². The molecule has 1 fully saturated rings. The summed E-state index contributed by atoms with van der Waals surface area (Å²) >= 11 is 0. The van der Waals surface area contributed by atoms with Gasteiger partial charge in [0, 0.05) is 13.5 Å². The molecule has 2 rings (SSSR count). The maximum absolute atomic E-state index is 11.5. The lowest BCUT2D eigenvalue weighted by Crippen LogP contribution is -2.34. The molecule has 0 N–H and O–H groups in total. The van der Waals surface area contributed by atoms with E-state index in [4.69, 9.17) is 0 Å². The Kier molecular flexibility index (Phi) is 2.53. The lowest BCUT2D eigenvalue weighted by atomic mass is 9.95. The van der Waals surface area contributed by atoms with Crippen LogP contribution >= 0.6 is 0 Å². The average Bonchev–Trinajstić information content (AvgIpc) is 2.23. The molecule has 0 bridgehead atoms. The molecule has 1 aromatic rings. The van der Waals surface area contributed by atoms with Crippen LogP contribution in [0.4, 0.5) is 0 Å². The number of hydrogen-bond donors (Lipinski definition) is 0. The van der Waals surface area contributed by atoms with Gasteiger partial charge in [-0.15, -0.1) is 0 Å². The molecule has 1 amide bonds. The molecule has 1 aliphatic heterocycles. The van der Waals surface area contributed by atoms with Crippen LogP contribution in [-0.4, -0.2) is 17.9 Å². The monoisotopic (exact) mass is 189 g/mol. The van der Waals surface area contributed by atoms with Gasteiger partial charge in [-0.05, 0) is 18.4 Å². The highest BCUT2D eigenvalue weighted by molar-refractivity contribution is 5.77. The summed E-state index contributed by atoms with van der Waals surface area (Å²) in [6.07, 6.45) is 2.81. The fourth-order valence-electron chi connectivity index (χ4n) is 2.06. The van der Waals surface area contributed by atoms with Crippen LogP contribution in [0.25, 0.3) is 0 Å². The summed E-state index contributed by atoms with van der Waals surface area (Å²) in [5.41, 5.74) is 1.25. The first-order chi connectivity index (χ1) is 6.79. The number of carbonyl (C=O) groups excluding carboxylic acids is 1. The van der Waals surface area contributed by atoms with Crippen LogP contribution in [0.1, 0.15) is 30.9 Å². The van der Waals surface area contributed by atoms with E-state index in [1.807, 2.05) is 30.1 Å². The van der Waals surface area contributed by atoms with Crippen LogP contribution in [0.15, 0.2) is 30.3 Å². The third-order valence-corrected chi connectivity index (χ3v) is 2.91. The number of likely N-dealkylation sites (tertiary alicyclic amines) is 1. The average molecular weight is 189 g/mol. The number of piperidine rings is 1. The fourth-order valence-corrected chi connectivity index (χ4v) is 2.06. The molecule has 74 valence electrons. The van der Waals surface area contributed by atoms with E-state index in [0.29, 0.717) is 6.42 Å². The zero-order valence-corrected chi connectivity index (χ0v) is 8.44. The van der Waals surface area contributed by atoms with Gasteiger partial charge in [0.1, 0.15) is 0 Å². The number of benzene rings is 1. The highest BCUT2D eigenvalue weighted by atomic mass is 16.2. The molecule has 1 aromatic carbocycles. The van der Waals surface area contributed by atoms with Crippen molar-refractivity contribution < 1.29 is 4.79 Å². The van der Waals surface area contributed by atoms with Gasteiger partial charge in [-0.1, -0.05) is 30.3 Å². The molecule has 1 aliphatic rings. The summed E-state index contributed by atoms with van der Waals surface area (Å²) in [5.74, 6) is 0.269. The summed E-state index contributed by atoms with van der Waals surface area (Å²) in [4.78, 5) is 13.4. The van der Waals surface area contributed by atoms with Crippen molar-refractivity contribution in [3.63, 3.8) is 0 Å². The maximum Gasteiger partial charge on any atom is 0.222 e. The lowest BCUT2D eigenvalue weighted by Gasteiger charge is -2.32. The van der Waals surface area contributed by atoms with E-state index in [-0.39, 0.29) is 11.9 Å². The third-order valence-electron chi connectivity index (χ3n) is 2.91. The van der Waals surface area contributed by atoms with Gasteiger partial charge in [0.05, 0.1) is 6.04 Å². The number of carbonyl (C=O) groups is 1. The molecule has 1 unspecified atom stereocenters.